The molecule has 0 aliphatic heterocycles. The van der Waals surface area contributed by atoms with Crippen LogP contribution in [-0.4, -0.2) is 30.8 Å². The van der Waals surface area contributed by atoms with Crippen LogP contribution >= 0.6 is 27.5 Å². The van der Waals surface area contributed by atoms with Crippen molar-refractivity contribution in [3.05, 3.63) is 63.1 Å². The van der Waals surface area contributed by atoms with E-state index in [1.807, 2.05) is 12.1 Å². The van der Waals surface area contributed by atoms with E-state index in [2.05, 4.69) is 33.4 Å². The summed E-state index contributed by atoms with van der Waals surface area (Å²) in [5.74, 6) is -0.233. The van der Waals surface area contributed by atoms with E-state index < -0.39 is 0 Å². The zero-order valence-corrected chi connectivity index (χ0v) is 17.2. The minimum absolute atomic E-state index is 0.0999. The maximum Gasteiger partial charge on any atom is 0.253 e. The molecule has 0 spiro atoms. The molecule has 0 bridgehead atoms. The third-order valence-electron chi connectivity index (χ3n) is 3.93. The summed E-state index contributed by atoms with van der Waals surface area (Å²) in [6.07, 6.45) is 3.07. The van der Waals surface area contributed by atoms with Crippen LogP contribution < -0.4 is 5.32 Å². The SMILES string of the molecule is CN(C)C(=O)c1ccc(Cl)c(NC(=O)CCCCc2ccc(Br)cc2)c1. The molecule has 0 atom stereocenters. The van der Waals surface area contributed by atoms with Gasteiger partial charge in [0.25, 0.3) is 5.91 Å². The van der Waals surface area contributed by atoms with Gasteiger partial charge >= 0.3 is 0 Å². The van der Waals surface area contributed by atoms with Crippen molar-refractivity contribution in [2.75, 3.05) is 19.4 Å². The average molecular weight is 438 g/mol. The van der Waals surface area contributed by atoms with Gasteiger partial charge in [-0.05, 0) is 55.2 Å². The molecule has 2 aromatic rings. The van der Waals surface area contributed by atoms with E-state index in [4.69, 9.17) is 11.6 Å². The van der Waals surface area contributed by atoms with E-state index in [0.717, 1.165) is 23.7 Å². The van der Waals surface area contributed by atoms with Crippen molar-refractivity contribution in [1.29, 1.82) is 0 Å². The molecule has 0 unspecified atom stereocenters. The van der Waals surface area contributed by atoms with Gasteiger partial charge in [-0.2, -0.15) is 0 Å². The molecule has 0 saturated carbocycles. The van der Waals surface area contributed by atoms with Gasteiger partial charge in [-0.1, -0.05) is 39.7 Å². The number of benzene rings is 2. The molecule has 0 saturated heterocycles. The number of carbonyl (C=O) groups is 2. The number of halogens is 2. The van der Waals surface area contributed by atoms with Crippen molar-refractivity contribution in [1.82, 2.24) is 4.90 Å². The molecule has 2 amide bonds. The van der Waals surface area contributed by atoms with Crippen LogP contribution in [0, 0.1) is 0 Å². The monoisotopic (exact) mass is 436 g/mol. The molecule has 0 aliphatic rings. The van der Waals surface area contributed by atoms with Crippen LogP contribution in [0.2, 0.25) is 5.02 Å². The van der Waals surface area contributed by atoms with Crippen molar-refractivity contribution in [3.8, 4) is 0 Å². The van der Waals surface area contributed by atoms with Gasteiger partial charge < -0.3 is 10.2 Å². The van der Waals surface area contributed by atoms with Gasteiger partial charge in [-0.3, -0.25) is 9.59 Å². The third-order valence-corrected chi connectivity index (χ3v) is 4.78. The van der Waals surface area contributed by atoms with Crippen LogP contribution in [0.4, 0.5) is 5.69 Å². The first-order valence-corrected chi connectivity index (χ1v) is 9.59. The smallest absolute Gasteiger partial charge is 0.253 e. The summed E-state index contributed by atoms with van der Waals surface area (Å²) in [5.41, 5.74) is 2.22. The second-order valence-corrected chi connectivity index (χ2v) is 7.60. The molecule has 2 rings (SSSR count). The lowest BCUT2D eigenvalue weighted by atomic mass is 10.1. The number of carbonyl (C=O) groups excluding carboxylic acids is 2. The lowest BCUT2D eigenvalue weighted by Gasteiger charge is -2.13. The Morgan fingerprint density at radius 2 is 1.77 bits per heavy atom. The number of unbranched alkanes of at least 4 members (excludes halogenated alkanes) is 1. The Bertz CT molecular complexity index is 776. The maximum absolute atomic E-state index is 12.2. The van der Waals surface area contributed by atoms with Crippen molar-refractivity contribution in [3.63, 3.8) is 0 Å². The summed E-state index contributed by atoms with van der Waals surface area (Å²) in [6, 6.07) is 13.1. The predicted molar refractivity (Wildman–Crippen MR) is 110 cm³/mol. The van der Waals surface area contributed by atoms with Gasteiger partial charge in [-0.15, -0.1) is 0 Å². The fraction of sp³-hybridized carbons (Fsp3) is 0.300. The van der Waals surface area contributed by atoms with Crippen LogP contribution in [0.3, 0.4) is 0 Å². The topological polar surface area (TPSA) is 49.4 Å². The fourth-order valence-corrected chi connectivity index (χ4v) is 2.92. The molecule has 2 aromatic carbocycles. The second-order valence-electron chi connectivity index (χ2n) is 6.28. The maximum atomic E-state index is 12.2. The number of nitrogens with zero attached hydrogens (tertiary/aromatic N) is 1. The van der Waals surface area contributed by atoms with E-state index in [9.17, 15) is 9.59 Å². The molecule has 6 heteroatoms. The molecule has 0 radical (unpaired) electrons. The van der Waals surface area contributed by atoms with Crippen LogP contribution in [-0.2, 0) is 11.2 Å². The highest BCUT2D eigenvalue weighted by molar-refractivity contribution is 9.10. The molecule has 0 fully saturated rings. The van der Waals surface area contributed by atoms with E-state index in [1.165, 1.54) is 10.5 Å². The Balaban J connectivity index is 1.84. The van der Waals surface area contributed by atoms with Gasteiger partial charge in [0.2, 0.25) is 5.91 Å². The first kappa shape index (κ1) is 20.5. The third kappa shape index (κ3) is 6.15. The summed E-state index contributed by atoms with van der Waals surface area (Å²) in [5, 5.41) is 3.22. The van der Waals surface area contributed by atoms with Crippen molar-refractivity contribution in [2.24, 2.45) is 0 Å². The number of amides is 2. The molecule has 138 valence electrons. The summed E-state index contributed by atoms with van der Waals surface area (Å²) in [4.78, 5) is 25.7. The van der Waals surface area contributed by atoms with E-state index >= 15 is 0 Å². The zero-order chi connectivity index (χ0) is 19.1. The zero-order valence-electron chi connectivity index (χ0n) is 14.9. The Morgan fingerprint density at radius 1 is 1.08 bits per heavy atom. The number of rotatable bonds is 7. The molecule has 4 nitrogen and oxygen atoms in total. The summed E-state index contributed by atoms with van der Waals surface area (Å²) >= 11 is 9.55. The highest BCUT2D eigenvalue weighted by Gasteiger charge is 2.12. The van der Waals surface area contributed by atoms with Gasteiger partial charge in [0.15, 0.2) is 0 Å². The lowest BCUT2D eigenvalue weighted by molar-refractivity contribution is -0.116. The van der Waals surface area contributed by atoms with Crippen LogP contribution in [0.5, 0.6) is 0 Å². The largest absolute Gasteiger partial charge is 0.345 e. The Hall–Kier alpha value is -1.85. The molecule has 0 aromatic heterocycles. The highest BCUT2D eigenvalue weighted by atomic mass is 79.9. The van der Waals surface area contributed by atoms with Gasteiger partial charge in [0.05, 0.1) is 10.7 Å². The second kappa shape index (κ2) is 9.74. The number of aryl methyl sites for hydroxylation is 1. The van der Waals surface area contributed by atoms with Gasteiger partial charge in [0.1, 0.15) is 0 Å². The Morgan fingerprint density at radius 3 is 2.42 bits per heavy atom. The molecule has 26 heavy (non-hydrogen) atoms. The van der Waals surface area contributed by atoms with Crippen molar-refractivity contribution in [2.45, 2.75) is 25.7 Å². The summed E-state index contributed by atoms with van der Waals surface area (Å²) in [7, 11) is 3.36. The quantitative estimate of drug-likeness (QED) is 0.609. The Labute approximate surface area is 167 Å². The van der Waals surface area contributed by atoms with Gasteiger partial charge in [-0.25, -0.2) is 0 Å². The molecule has 0 aliphatic carbocycles. The minimum Gasteiger partial charge on any atom is -0.345 e. The Kier molecular flexibility index (Phi) is 7.66. The first-order chi connectivity index (χ1) is 12.4. The molecule has 1 N–H and O–H groups in total. The van der Waals surface area contributed by atoms with Gasteiger partial charge in [0, 0.05) is 30.6 Å². The number of anilines is 1. The van der Waals surface area contributed by atoms with Crippen molar-refractivity contribution < 1.29 is 9.59 Å². The van der Waals surface area contributed by atoms with Crippen LogP contribution in [0.15, 0.2) is 46.9 Å². The van der Waals surface area contributed by atoms with Crippen LogP contribution in [0.1, 0.15) is 35.2 Å². The lowest BCUT2D eigenvalue weighted by Crippen LogP contribution is -2.22. The predicted octanol–water partition coefficient (Wildman–Crippen LogP) is 5.16. The summed E-state index contributed by atoms with van der Waals surface area (Å²) < 4.78 is 1.06. The molecular weight excluding hydrogens is 416 g/mol. The normalized spacial score (nSPS) is 10.5. The highest BCUT2D eigenvalue weighted by Crippen LogP contribution is 2.24. The first-order valence-electron chi connectivity index (χ1n) is 8.42. The number of nitrogens with one attached hydrogen (secondary N) is 1. The average Bonchev–Trinajstić information content (AvgIpc) is 2.61. The number of hydrogen-bond acceptors (Lipinski definition) is 2. The van der Waals surface area contributed by atoms with E-state index in [0.29, 0.717) is 22.7 Å². The van der Waals surface area contributed by atoms with E-state index in [1.54, 1.807) is 32.3 Å². The molecule has 0 heterocycles. The van der Waals surface area contributed by atoms with Crippen LogP contribution in [0.25, 0.3) is 0 Å². The fourth-order valence-electron chi connectivity index (χ4n) is 2.49. The summed E-state index contributed by atoms with van der Waals surface area (Å²) in [6.45, 7) is 0. The minimum atomic E-state index is -0.133. The van der Waals surface area contributed by atoms with E-state index in [-0.39, 0.29) is 11.8 Å². The molecular formula is C20H22BrClN2O2. The van der Waals surface area contributed by atoms with Crippen molar-refractivity contribution >= 4 is 45.0 Å². The standard InChI is InChI=1S/C20H22BrClN2O2/c1-24(2)20(26)15-9-12-17(22)18(13-15)23-19(25)6-4-3-5-14-7-10-16(21)11-8-14/h7-13H,3-6H2,1-2H3,(H,23,25). The number of hydrogen-bond donors (Lipinski definition) is 1.